The van der Waals surface area contributed by atoms with Gasteiger partial charge in [-0.1, -0.05) is 12.1 Å². The fourth-order valence-electron chi connectivity index (χ4n) is 3.93. The van der Waals surface area contributed by atoms with Crippen molar-refractivity contribution in [2.45, 2.75) is 26.4 Å². The zero-order valence-electron chi connectivity index (χ0n) is 15.7. The van der Waals surface area contributed by atoms with E-state index in [1.807, 2.05) is 12.1 Å². The first-order chi connectivity index (χ1) is 13.7. The molecule has 6 nitrogen and oxygen atoms in total. The number of aromatic nitrogens is 4. The highest BCUT2D eigenvalue weighted by Gasteiger charge is 2.22. The highest BCUT2D eigenvalue weighted by atomic mass is 16.1. The quantitative estimate of drug-likeness (QED) is 0.580. The van der Waals surface area contributed by atoms with Crippen LogP contribution in [0.3, 0.4) is 0 Å². The van der Waals surface area contributed by atoms with Gasteiger partial charge in [-0.25, -0.2) is 4.98 Å². The van der Waals surface area contributed by atoms with Gasteiger partial charge in [-0.2, -0.15) is 0 Å². The second-order valence-electron chi connectivity index (χ2n) is 7.41. The van der Waals surface area contributed by atoms with Crippen molar-refractivity contribution < 1.29 is 0 Å². The van der Waals surface area contributed by atoms with Gasteiger partial charge in [-0.05, 0) is 36.2 Å². The van der Waals surface area contributed by atoms with Crippen LogP contribution in [0.5, 0.6) is 0 Å². The molecule has 0 amide bonds. The lowest BCUT2D eigenvalue weighted by Crippen LogP contribution is -2.35. The summed E-state index contributed by atoms with van der Waals surface area (Å²) < 4.78 is 0. The van der Waals surface area contributed by atoms with E-state index in [4.69, 9.17) is 4.98 Å². The first-order valence-corrected chi connectivity index (χ1v) is 9.49. The minimum atomic E-state index is -0.0527. The Balaban J connectivity index is 1.41. The van der Waals surface area contributed by atoms with Gasteiger partial charge in [0.05, 0.1) is 11.3 Å². The highest BCUT2D eigenvalue weighted by molar-refractivity contribution is 5.83. The molecule has 4 heterocycles. The van der Waals surface area contributed by atoms with Crippen molar-refractivity contribution in [1.82, 2.24) is 24.8 Å². The number of rotatable bonds is 3. The van der Waals surface area contributed by atoms with Crippen LogP contribution in [0.25, 0.3) is 22.3 Å². The van der Waals surface area contributed by atoms with Gasteiger partial charge in [0.1, 0.15) is 5.82 Å². The van der Waals surface area contributed by atoms with Crippen LogP contribution in [-0.4, -0.2) is 31.4 Å². The predicted molar refractivity (Wildman–Crippen MR) is 109 cm³/mol. The fourth-order valence-corrected chi connectivity index (χ4v) is 3.93. The smallest absolute Gasteiger partial charge is 0.255 e. The number of aryl methyl sites for hydroxylation is 1. The Hall–Kier alpha value is -3.25. The molecular weight excluding hydrogens is 350 g/mol. The topological polar surface area (TPSA) is 77.7 Å². The second kappa shape index (κ2) is 6.73. The lowest BCUT2D eigenvalue weighted by atomic mass is 10.0. The van der Waals surface area contributed by atoms with Gasteiger partial charge in [0, 0.05) is 61.1 Å². The summed E-state index contributed by atoms with van der Waals surface area (Å²) in [6, 6.07) is 10.2. The van der Waals surface area contributed by atoms with Gasteiger partial charge in [-0.3, -0.25) is 14.7 Å². The molecule has 0 radical (unpaired) electrons. The van der Waals surface area contributed by atoms with Crippen molar-refractivity contribution in [2.75, 3.05) is 6.54 Å². The van der Waals surface area contributed by atoms with Crippen LogP contribution in [0.15, 0.2) is 53.7 Å². The minimum Gasteiger partial charge on any atom is -0.361 e. The largest absolute Gasteiger partial charge is 0.361 e. The lowest BCUT2D eigenvalue weighted by Gasteiger charge is -2.27. The number of benzene rings is 1. The Morgan fingerprint density at radius 1 is 1.25 bits per heavy atom. The first-order valence-electron chi connectivity index (χ1n) is 9.49. The lowest BCUT2D eigenvalue weighted by molar-refractivity contribution is 0.242. The maximum absolute atomic E-state index is 12.7. The first kappa shape index (κ1) is 16.9. The van der Waals surface area contributed by atoms with Crippen LogP contribution < -0.4 is 5.56 Å². The minimum absolute atomic E-state index is 0.0527. The molecule has 5 rings (SSSR count). The maximum Gasteiger partial charge on any atom is 0.255 e. The number of hydrogen-bond acceptors (Lipinski definition) is 4. The van der Waals surface area contributed by atoms with Crippen molar-refractivity contribution in [3.05, 3.63) is 81.7 Å². The van der Waals surface area contributed by atoms with E-state index >= 15 is 0 Å². The molecule has 0 atom stereocenters. The van der Waals surface area contributed by atoms with Crippen molar-refractivity contribution >= 4 is 10.9 Å². The zero-order chi connectivity index (χ0) is 19.1. The van der Waals surface area contributed by atoms with E-state index in [0.29, 0.717) is 12.4 Å². The van der Waals surface area contributed by atoms with Crippen LogP contribution in [0, 0.1) is 6.92 Å². The highest BCUT2D eigenvalue weighted by Crippen LogP contribution is 2.24. The molecule has 0 aliphatic carbocycles. The van der Waals surface area contributed by atoms with E-state index in [9.17, 15) is 4.79 Å². The van der Waals surface area contributed by atoms with Crippen molar-refractivity contribution in [2.24, 2.45) is 0 Å². The Labute approximate surface area is 162 Å². The van der Waals surface area contributed by atoms with Crippen LogP contribution in [0.2, 0.25) is 0 Å². The van der Waals surface area contributed by atoms with Gasteiger partial charge < -0.3 is 9.97 Å². The molecule has 0 unspecified atom stereocenters. The van der Waals surface area contributed by atoms with Crippen molar-refractivity contribution in [3.8, 4) is 11.4 Å². The average Bonchev–Trinajstić information content (AvgIpc) is 3.10. The van der Waals surface area contributed by atoms with E-state index in [-0.39, 0.29) is 5.56 Å². The molecule has 6 heteroatoms. The molecule has 0 bridgehead atoms. The van der Waals surface area contributed by atoms with Crippen LogP contribution in [-0.2, 0) is 19.5 Å². The number of aromatic amines is 2. The van der Waals surface area contributed by atoms with Crippen LogP contribution in [0.1, 0.15) is 22.4 Å². The van der Waals surface area contributed by atoms with Crippen LogP contribution in [0.4, 0.5) is 0 Å². The molecule has 1 aliphatic heterocycles. The number of fused-ring (bicyclic) bond motifs is 2. The molecular formula is C22H21N5O. The normalized spacial score (nSPS) is 14.3. The van der Waals surface area contributed by atoms with Gasteiger partial charge >= 0.3 is 0 Å². The summed E-state index contributed by atoms with van der Waals surface area (Å²) in [6.07, 6.45) is 6.28. The number of H-pyrrole nitrogens is 2. The summed E-state index contributed by atoms with van der Waals surface area (Å²) in [4.78, 5) is 30.1. The molecule has 3 aromatic heterocycles. The number of pyridine rings is 1. The average molecular weight is 371 g/mol. The van der Waals surface area contributed by atoms with Crippen LogP contribution >= 0.6 is 0 Å². The summed E-state index contributed by atoms with van der Waals surface area (Å²) in [7, 11) is 0. The van der Waals surface area contributed by atoms with E-state index in [1.165, 1.54) is 16.5 Å². The van der Waals surface area contributed by atoms with E-state index < -0.39 is 0 Å². The Kier molecular flexibility index (Phi) is 4.06. The molecule has 0 saturated heterocycles. The predicted octanol–water partition coefficient (Wildman–Crippen LogP) is 3.18. The van der Waals surface area contributed by atoms with Gasteiger partial charge in [-0.15, -0.1) is 0 Å². The van der Waals surface area contributed by atoms with Crippen molar-refractivity contribution in [3.63, 3.8) is 0 Å². The summed E-state index contributed by atoms with van der Waals surface area (Å²) in [5.74, 6) is 0.595. The maximum atomic E-state index is 12.7. The third-order valence-corrected chi connectivity index (χ3v) is 5.40. The number of hydrogen-bond donors (Lipinski definition) is 2. The van der Waals surface area contributed by atoms with Crippen molar-refractivity contribution in [1.29, 1.82) is 0 Å². The van der Waals surface area contributed by atoms with E-state index in [1.54, 1.807) is 12.4 Å². The number of nitrogens with zero attached hydrogens (tertiary/aromatic N) is 3. The molecule has 1 aliphatic rings. The number of nitrogens with one attached hydrogen (secondary N) is 2. The fraction of sp³-hybridized carbons (Fsp3) is 0.227. The SMILES string of the molecule is Cc1ccc2c(CN3CCc4nc(-c5cccnc5)[nH]c(=O)c4C3)c[nH]c2c1. The van der Waals surface area contributed by atoms with Gasteiger partial charge in [0.25, 0.3) is 5.56 Å². The summed E-state index contributed by atoms with van der Waals surface area (Å²) in [5.41, 5.74) is 6.11. The molecule has 0 fully saturated rings. The molecule has 4 aromatic rings. The molecule has 2 N–H and O–H groups in total. The van der Waals surface area contributed by atoms with Gasteiger partial charge in [0.2, 0.25) is 0 Å². The molecule has 0 spiro atoms. The summed E-state index contributed by atoms with van der Waals surface area (Å²) in [6.45, 7) is 4.41. The Bertz CT molecular complexity index is 1210. The second-order valence-corrected chi connectivity index (χ2v) is 7.41. The van der Waals surface area contributed by atoms with Gasteiger partial charge in [0.15, 0.2) is 0 Å². The zero-order valence-corrected chi connectivity index (χ0v) is 15.7. The standard InChI is InChI=1S/C22H21N5O/c1-14-4-5-17-16(11-24-20(17)9-14)12-27-8-6-19-18(13-27)22(28)26-21(25-19)15-3-2-7-23-10-15/h2-5,7,9-11,24H,6,8,12-13H2,1H3,(H,25,26,28). The summed E-state index contributed by atoms with van der Waals surface area (Å²) in [5, 5.41) is 1.25. The molecule has 0 saturated carbocycles. The molecule has 1 aromatic carbocycles. The van der Waals surface area contributed by atoms with E-state index in [0.717, 1.165) is 41.8 Å². The van der Waals surface area contributed by atoms with E-state index in [2.05, 4.69) is 51.2 Å². The third-order valence-electron chi connectivity index (χ3n) is 5.40. The molecule has 28 heavy (non-hydrogen) atoms. The third kappa shape index (κ3) is 3.01. The molecule has 140 valence electrons. The Morgan fingerprint density at radius 2 is 2.18 bits per heavy atom. The Morgan fingerprint density at radius 3 is 3.04 bits per heavy atom. The monoisotopic (exact) mass is 371 g/mol. The summed E-state index contributed by atoms with van der Waals surface area (Å²) >= 11 is 0.